The van der Waals surface area contributed by atoms with Crippen LogP contribution in [-0.2, 0) is 4.79 Å². The van der Waals surface area contributed by atoms with Crippen LogP contribution in [0, 0.1) is 0 Å². The Labute approximate surface area is 157 Å². The quantitative estimate of drug-likeness (QED) is 0.875. The van der Waals surface area contributed by atoms with E-state index in [0.29, 0.717) is 34.3 Å². The molecule has 0 bridgehead atoms. The van der Waals surface area contributed by atoms with Gasteiger partial charge in [0.05, 0.1) is 5.69 Å². The van der Waals surface area contributed by atoms with Crippen LogP contribution in [0.4, 0.5) is 11.4 Å². The highest BCUT2D eigenvalue weighted by Crippen LogP contribution is 2.34. The van der Waals surface area contributed by atoms with E-state index in [-0.39, 0.29) is 18.4 Å². The highest BCUT2D eigenvalue weighted by atomic mass is 35.5. The van der Waals surface area contributed by atoms with Crippen molar-refractivity contribution in [2.75, 3.05) is 44.0 Å². The number of nitrogens with one attached hydrogen (secondary N) is 1. The average Bonchev–Trinajstić information content (AvgIpc) is 2.60. The van der Waals surface area contributed by atoms with Crippen LogP contribution in [0.5, 0.6) is 5.75 Å². The lowest BCUT2D eigenvalue weighted by Crippen LogP contribution is -2.42. The average molecular weight is 374 g/mol. The maximum atomic E-state index is 12.4. The van der Waals surface area contributed by atoms with Gasteiger partial charge in [0, 0.05) is 29.4 Å². The van der Waals surface area contributed by atoms with Crippen molar-refractivity contribution in [3.63, 3.8) is 0 Å². The Morgan fingerprint density at radius 2 is 2.08 bits per heavy atom. The first kappa shape index (κ1) is 18.2. The number of ether oxygens (including phenoxy) is 1. The van der Waals surface area contributed by atoms with Gasteiger partial charge in [-0.15, -0.1) is 0 Å². The number of rotatable bonds is 5. The van der Waals surface area contributed by atoms with Gasteiger partial charge in [0.1, 0.15) is 5.75 Å². The molecule has 26 heavy (non-hydrogen) atoms. The molecule has 2 aromatic carbocycles. The number of benzene rings is 2. The molecule has 136 valence electrons. The predicted molar refractivity (Wildman–Crippen MR) is 102 cm³/mol. The van der Waals surface area contributed by atoms with Crippen LogP contribution in [0.2, 0.25) is 5.02 Å². The lowest BCUT2D eigenvalue weighted by Gasteiger charge is -2.30. The summed E-state index contributed by atoms with van der Waals surface area (Å²) in [4.78, 5) is 28.3. The molecule has 0 aliphatic carbocycles. The minimum absolute atomic E-state index is 0.0225. The van der Waals surface area contributed by atoms with Gasteiger partial charge >= 0.3 is 0 Å². The smallest absolute Gasteiger partial charge is 0.265 e. The number of anilines is 2. The van der Waals surface area contributed by atoms with Crippen molar-refractivity contribution >= 4 is 34.8 Å². The Hall–Kier alpha value is -2.57. The van der Waals surface area contributed by atoms with Crippen molar-refractivity contribution in [3.05, 3.63) is 53.1 Å². The number of hydrogen-bond acceptors (Lipinski definition) is 4. The van der Waals surface area contributed by atoms with Crippen LogP contribution in [0.1, 0.15) is 10.4 Å². The Balaban J connectivity index is 1.82. The summed E-state index contributed by atoms with van der Waals surface area (Å²) in [6, 6.07) is 12.0. The monoisotopic (exact) mass is 373 g/mol. The molecule has 1 heterocycles. The van der Waals surface area contributed by atoms with E-state index in [1.54, 1.807) is 47.4 Å². The Kier molecular flexibility index (Phi) is 5.44. The molecule has 0 saturated carbocycles. The van der Waals surface area contributed by atoms with E-state index in [1.807, 2.05) is 19.0 Å². The highest BCUT2D eigenvalue weighted by Gasteiger charge is 2.25. The van der Waals surface area contributed by atoms with Gasteiger partial charge in [-0.25, -0.2) is 0 Å². The number of carbonyl (C=O) groups excluding carboxylic acids is 2. The molecule has 0 aromatic heterocycles. The number of amides is 2. The standard InChI is InChI=1S/C19H20ClN3O3/c1-22(2)8-9-23-16-11-15(6-7-17(16)26-12-18(23)24)21-19(25)13-4-3-5-14(20)10-13/h3-7,10-11H,8-9,12H2,1-2H3,(H,21,25). The summed E-state index contributed by atoms with van der Waals surface area (Å²) in [7, 11) is 3.90. The van der Waals surface area contributed by atoms with Gasteiger partial charge in [-0.3, -0.25) is 9.59 Å². The van der Waals surface area contributed by atoms with Crippen LogP contribution in [0.3, 0.4) is 0 Å². The summed E-state index contributed by atoms with van der Waals surface area (Å²) in [5.74, 6) is 0.261. The molecule has 1 aliphatic rings. The first-order valence-corrected chi connectivity index (χ1v) is 8.61. The molecule has 0 saturated heterocycles. The second-order valence-corrected chi connectivity index (χ2v) is 6.72. The first-order valence-electron chi connectivity index (χ1n) is 8.23. The molecule has 0 atom stereocenters. The van der Waals surface area contributed by atoms with E-state index in [1.165, 1.54) is 0 Å². The number of likely N-dealkylation sites (N-methyl/N-ethyl adjacent to an activating group) is 1. The van der Waals surface area contributed by atoms with Gasteiger partial charge in [-0.05, 0) is 50.5 Å². The molecule has 3 rings (SSSR count). The number of hydrogen-bond donors (Lipinski definition) is 1. The van der Waals surface area contributed by atoms with Crippen LogP contribution in [0.15, 0.2) is 42.5 Å². The Morgan fingerprint density at radius 3 is 2.81 bits per heavy atom. The lowest BCUT2D eigenvalue weighted by atomic mass is 10.1. The molecule has 6 nitrogen and oxygen atoms in total. The number of fused-ring (bicyclic) bond motifs is 1. The van der Waals surface area contributed by atoms with Crippen LogP contribution >= 0.6 is 11.6 Å². The maximum absolute atomic E-state index is 12.4. The molecule has 2 aromatic rings. The van der Waals surface area contributed by atoms with Gasteiger partial charge < -0.3 is 19.9 Å². The van der Waals surface area contributed by atoms with E-state index >= 15 is 0 Å². The van der Waals surface area contributed by atoms with Crippen molar-refractivity contribution in [2.24, 2.45) is 0 Å². The minimum Gasteiger partial charge on any atom is -0.482 e. The largest absolute Gasteiger partial charge is 0.482 e. The molecule has 0 spiro atoms. The fraction of sp³-hybridized carbons (Fsp3) is 0.263. The summed E-state index contributed by atoms with van der Waals surface area (Å²) in [5, 5.41) is 3.33. The SMILES string of the molecule is CN(C)CCN1C(=O)COc2ccc(NC(=O)c3cccc(Cl)c3)cc21. The van der Waals surface area contributed by atoms with Gasteiger partial charge in [-0.1, -0.05) is 17.7 Å². The number of carbonyl (C=O) groups is 2. The Bertz CT molecular complexity index is 839. The molecule has 0 radical (unpaired) electrons. The van der Waals surface area contributed by atoms with Crippen molar-refractivity contribution in [1.29, 1.82) is 0 Å². The van der Waals surface area contributed by atoms with Crippen LogP contribution < -0.4 is 15.0 Å². The topological polar surface area (TPSA) is 61.9 Å². The van der Waals surface area contributed by atoms with Crippen LogP contribution in [-0.4, -0.2) is 50.5 Å². The zero-order chi connectivity index (χ0) is 18.7. The predicted octanol–water partition coefficient (Wildman–Crippen LogP) is 2.88. The second kappa shape index (κ2) is 7.76. The summed E-state index contributed by atoms with van der Waals surface area (Å²) in [6.07, 6.45) is 0. The van der Waals surface area contributed by atoms with E-state index in [4.69, 9.17) is 16.3 Å². The molecule has 2 amide bonds. The maximum Gasteiger partial charge on any atom is 0.265 e. The van der Waals surface area contributed by atoms with Gasteiger partial charge in [0.25, 0.3) is 11.8 Å². The number of nitrogens with zero attached hydrogens (tertiary/aromatic N) is 2. The zero-order valence-electron chi connectivity index (χ0n) is 14.7. The van der Waals surface area contributed by atoms with E-state index in [9.17, 15) is 9.59 Å². The Morgan fingerprint density at radius 1 is 1.27 bits per heavy atom. The third-order valence-corrected chi connectivity index (χ3v) is 4.25. The zero-order valence-corrected chi connectivity index (χ0v) is 15.4. The van der Waals surface area contributed by atoms with Crippen molar-refractivity contribution < 1.29 is 14.3 Å². The summed E-state index contributed by atoms with van der Waals surface area (Å²) in [6.45, 7) is 1.30. The minimum atomic E-state index is -0.268. The summed E-state index contributed by atoms with van der Waals surface area (Å²) < 4.78 is 5.50. The molecule has 7 heteroatoms. The van der Waals surface area contributed by atoms with E-state index in [0.717, 1.165) is 6.54 Å². The van der Waals surface area contributed by atoms with Gasteiger partial charge in [0.15, 0.2) is 6.61 Å². The highest BCUT2D eigenvalue weighted by molar-refractivity contribution is 6.31. The summed E-state index contributed by atoms with van der Waals surface area (Å²) in [5.41, 5.74) is 1.71. The molecule has 1 N–H and O–H groups in total. The fourth-order valence-electron chi connectivity index (χ4n) is 2.66. The van der Waals surface area contributed by atoms with E-state index < -0.39 is 0 Å². The molecule has 0 unspecified atom stereocenters. The van der Waals surface area contributed by atoms with Crippen molar-refractivity contribution in [1.82, 2.24) is 4.90 Å². The van der Waals surface area contributed by atoms with Crippen molar-refractivity contribution in [2.45, 2.75) is 0 Å². The molecular weight excluding hydrogens is 354 g/mol. The third kappa shape index (κ3) is 4.15. The number of halogens is 1. The normalized spacial score (nSPS) is 13.4. The lowest BCUT2D eigenvalue weighted by molar-refractivity contribution is -0.121. The fourth-order valence-corrected chi connectivity index (χ4v) is 2.85. The second-order valence-electron chi connectivity index (χ2n) is 6.28. The van der Waals surface area contributed by atoms with Gasteiger partial charge in [-0.2, -0.15) is 0 Å². The molecule has 0 fully saturated rings. The van der Waals surface area contributed by atoms with Gasteiger partial charge in [0.2, 0.25) is 0 Å². The van der Waals surface area contributed by atoms with Crippen molar-refractivity contribution in [3.8, 4) is 5.75 Å². The molecule has 1 aliphatic heterocycles. The first-order chi connectivity index (χ1) is 12.4. The summed E-state index contributed by atoms with van der Waals surface area (Å²) >= 11 is 5.94. The molecular formula is C19H20ClN3O3. The van der Waals surface area contributed by atoms with E-state index in [2.05, 4.69) is 5.32 Å². The third-order valence-electron chi connectivity index (χ3n) is 4.02. The van der Waals surface area contributed by atoms with Crippen LogP contribution in [0.25, 0.3) is 0 Å².